The summed E-state index contributed by atoms with van der Waals surface area (Å²) in [4.78, 5) is 13.7. The molecule has 25 heavy (non-hydrogen) atoms. The molecule has 0 saturated heterocycles. The van der Waals surface area contributed by atoms with Crippen molar-refractivity contribution in [1.82, 2.24) is 20.2 Å². The maximum absolute atomic E-state index is 13.7. The second-order valence-electron chi connectivity index (χ2n) is 5.33. The predicted octanol–water partition coefficient (Wildman–Crippen LogP) is 3.72. The van der Waals surface area contributed by atoms with E-state index in [0.717, 1.165) is 5.56 Å². The van der Waals surface area contributed by atoms with Crippen molar-refractivity contribution in [3.63, 3.8) is 0 Å². The molecule has 1 heterocycles. The van der Waals surface area contributed by atoms with Crippen LogP contribution in [0.1, 0.15) is 19.4 Å². The van der Waals surface area contributed by atoms with E-state index in [1.54, 1.807) is 36.4 Å². The van der Waals surface area contributed by atoms with Crippen molar-refractivity contribution in [1.29, 1.82) is 0 Å². The molecule has 0 fully saturated rings. The largest absolute Gasteiger partial charge is 0.322 e. The predicted molar refractivity (Wildman–Crippen MR) is 92.6 cm³/mol. The lowest BCUT2D eigenvalue weighted by Gasteiger charge is -2.13. The van der Waals surface area contributed by atoms with E-state index in [1.165, 1.54) is 16.9 Å². The quantitative estimate of drug-likeness (QED) is 0.753. The number of anilines is 1. The number of para-hydroxylation sites is 1. The lowest BCUT2D eigenvalue weighted by molar-refractivity contribution is -0.120. The first kappa shape index (κ1) is 17.0. The minimum Gasteiger partial charge on any atom is -0.322 e. The molecular weight excluding hydrogens is 345 g/mol. The van der Waals surface area contributed by atoms with Gasteiger partial charge in [-0.15, -0.1) is 10.2 Å². The van der Waals surface area contributed by atoms with Gasteiger partial charge in [-0.05, 0) is 48.0 Å². The molecule has 0 aliphatic carbocycles. The molecule has 0 spiro atoms. The number of hydrogen-bond donors (Lipinski definition) is 1. The normalized spacial score (nSPS) is 12.0. The van der Waals surface area contributed by atoms with Crippen LogP contribution in [0.25, 0.3) is 11.4 Å². The summed E-state index contributed by atoms with van der Waals surface area (Å²) in [7, 11) is 0. The van der Waals surface area contributed by atoms with Gasteiger partial charge in [0.25, 0.3) is 5.91 Å². The number of aromatic nitrogens is 4. The number of carbonyl (C=O) groups is 1. The van der Waals surface area contributed by atoms with Gasteiger partial charge in [0.05, 0.1) is 5.69 Å². The topological polar surface area (TPSA) is 72.7 Å². The zero-order valence-corrected chi connectivity index (χ0v) is 14.1. The van der Waals surface area contributed by atoms with Gasteiger partial charge < -0.3 is 5.32 Å². The molecular formula is C17H15ClFN5O. The van der Waals surface area contributed by atoms with Crippen LogP contribution < -0.4 is 5.32 Å². The second kappa shape index (κ2) is 7.40. The molecule has 0 aliphatic heterocycles. The Morgan fingerprint density at radius 1 is 1.24 bits per heavy atom. The molecule has 1 atom stereocenters. The van der Waals surface area contributed by atoms with E-state index in [-0.39, 0.29) is 5.69 Å². The Bertz CT molecular complexity index is 881. The van der Waals surface area contributed by atoms with Crippen molar-refractivity contribution >= 4 is 23.2 Å². The Morgan fingerprint density at radius 3 is 2.64 bits per heavy atom. The molecule has 0 aliphatic rings. The average Bonchev–Trinajstić information content (AvgIpc) is 3.08. The van der Waals surface area contributed by atoms with Crippen LogP contribution in [0, 0.1) is 5.82 Å². The standard InChI is InChI=1S/C17H15ClFN5O/c1-2-15(17(25)20-14-6-4-3-5-13(14)19)24-22-16(21-23-24)11-7-9-12(18)10-8-11/h3-10,15H,2H2,1H3,(H,20,25). The summed E-state index contributed by atoms with van der Waals surface area (Å²) in [6.07, 6.45) is 0.427. The van der Waals surface area contributed by atoms with Crippen molar-refractivity contribution in [2.75, 3.05) is 5.32 Å². The van der Waals surface area contributed by atoms with Crippen LogP contribution in [0.3, 0.4) is 0 Å². The maximum Gasteiger partial charge on any atom is 0.251 e. The highest BCUT2D eigenvalue weighted by Gasteiger charge is 2.23. The van der Waals surface area contributed by atoms with Crippen LogP contribution in [-0.4, -0.2) is 26.1 Å². The van der Waals surface area contributed by atoms with Crippen molar-refractivity contribution < 1.29 is 9.18 Å². The SMILES string of the molecule is CCC(C(=O)Nc1ccccc1F)n1nnc(-c2ccc(Cl)cc2)n1. The first-order chi connectivity index (χ1) is 12.1. The Hall–Kier alpha value is -2.80. The molecule has 3 rings (SSSR count). The van der Waals surface area contributed by atoms with Crippen LogP contribution in [0.15, 0.2) is 48.5 Å². The fraction of sp³-hybridized carbons (Fsp3) is 0.176. The molecule has 0 radical (unpaired) electrons. The fourth-order valence-electron chi connectivity index (χ4n) is 2.30. The van der Waals surface area contributed by atoms with Crippen LogP contribution in [0.4, 0.5) is 10.1 Å². The number of carbonyl (C=O) groups excluding carboxylic acids is 1. The minimum absolute atomic E-state index is 0.115. The van der Waals surface area contributed by atoms with Gasteiger partial charge in [0.1, 0.15) is 5.82 Å². The summed E-state index contributed by atoms with van der Waals surface area (Å²) in [6, 6.07) is 12.3. The molecule has 1 aromatic heterocycles. The molecule has 128 valence electrons. The third-order valence-corrected chi connectivity index (χ3v) is 3.88. The Labute approximate surface area is 148 Å². The highest BCUT2D eigenvalue weighted by atomic mass is 35.5. The Morgan fingerprint density at radius 2 is 1.96 bits per heavy atom. The first-order valence-electron chi connectivity index (χ1n) is 7.69. The maximum atomic E-state index is 13.7. The van der Waals surface area contributed by atoms with E-state index in [0.29, 0.717) is 17.3 Å². The van der Waals surface area contributed by atoms with Crippen LogP contribution >= 0.6 is 11.6 Å². The third kappa shape index (κ3) is 3.83. The fourth-order valence-corrected chi connectivity index (χ4v) is 2.43. The zero-order chi connectivity index (χ0) is 17.8. The molecule has 0 saturated carbocycles. The van der Waals surface area contributed by atoms with E-state index >= 15 is 0 Å². The van der Waals surface area contributed by atoms with Gasteiger partial charge in [-0.25, -0.2) is 4.39 Å². The van der Waals surface area contributed by atoms with Gasteiger partial charge in [0, 0.05) is 10.6 Å². The summed E-state index contributed by atoms with van der Waals surface area (Å²) >= 11 is 5.86. The molecule has 0 bridgehead atoms. The van der Waals surface area contributed by atoms with Gasteiger partial charge in [0.2, 0.25) is 5.82 Å². The van der Waals surface area contributed by atoms with Crippen LogP contribution in [-0.2, 0) is 4.79 Å². The summed E-state index contributed by atoms with van der Waals surface area (Å²) in [5.74, 6) is -0.527. The highest BCUT2D eigenvalue weighted by Crippen LogP contribution is 2.20. The number of rotatable bonds is 5. The average molecular weight is 360 g/mol. The lowest BCUT2D eigenvalue weighted by Crippen LogP contribution is -2.27. The Kier molecular flexibility index (Phi) is 5.04. The van der Waals surface area contributed by atoms with E-state index in [9.17, 15) is 9.18 Å². The molecule has 1 amide bonds. The summed E-state index contributed by atoms with van der Waals surface area (Å²) in [6.45, 7) is 1.82. The van der Waals surface area contributed by atoms with Gasteiger partial charge in [-0.3, -0.25) is 4.79 Å². The van der Waals surface area contributed by atoms with Gasteiger partial charge in [0.15, 0.2) is 6.04 Å². The van der Waals surface area contributed by atoms with E-state index in [4.69, 9.17) is 11.6 Å². The van der Waals surface area contributed by atoms with Gasteiger partial charge in [-0.2, -0.15) is 4.80 Å². The zero-order valence-electron chi connectivity index (χ0n) is 13.4. The van der Waals surface area contributed by atoms with Crippen LogP contribution in [0.5, 0.6) is 0 Å². The number of tetrazole rings is 1. The highest BCUT2D eigenvalue weighted by molar-refractivity contribution is 6.30. The van der Waals surface area contributed by atoms with Gasteiger partial charge in [-0.1, -0.05) is 30.7 Å². The lowest BCUT2D eigenvalue weighted by atomic mass is 10.2. The summed E-state index contributed by atoms with van der Waals surface area (Å²) in [5, 5.41) is 15.4. The summed E-state index contributed by atoms with van der Waals surface area (Å²) < 4.78 is 13.7. The number of benzene rings is 2. The molecule has 3 aromatic rings. The first-order valence-corrected chi connectivity index (χ1v) is 8.07. The molecule has 2 aromatic carbocycles. The van der Waals surface area contributed by atoms with E-state index in [2.05, 4.69) is 20.7 Å². The number of amides is 1. The van der Waals surface area contributed by atoms with Gasteiger partial charge >= 0.3 is 0 Å². The van der Waals surface area contributed by atoms with Crippen molar-refractivity contribution in [3.05, 3.63) is 59.4 Å². The third-order valence-electron chi connectivity index (χ3n) is 3.63. The number of hydrogen-bond acceptors (Lipinski definition) is 4. The molecule has 8 heteroatoms. The van der Waals surface area contributed by atoms with Crippen molar-refractivity contribution in [2.45, 2.75) is 19.4 Å². The number of nitrogens with zero attached hydrogens (tertiary/aromatic N) is 4. The number of nitrogens with one attached hydrogen (secondary N) is 1. The van der Waals surface area contributed by atoms with E-state index in [1.807, 2.05) is 6.92 Å². The second-order valence-corrected chi connectivity index (χ2v) is 5.77. The molecule has 1 unspecified atom stereocenters. The summed E-state index contributed by atoms with van der Waals surface area (Å²) in [5.41, 5.74) is 0.851. The molecule has 6 nitrogen and oxygen atoms in total. The van der Waals surface area contributed by atoms with Crippen molar-refractivity contribution in [2.24, 2.45) is 0 Å². The molecule has 1 N–H and O–H groups in total. The smallest absolute Gasteiger partial charge is 0.251 e. The minimum atomic E-state index is -0.701. The number of halogens is 2. The Balaban J connectivity index is 1.80. The van der Waals surface area contributed by atoms with E-state index < -0.39 is 17.8 Å². The van der Waals surface area contributed by atoms with Crippen molar-refractivity contribution in [3.8, 4) is 11.4 Å². The van der Waals surface area contributed by atoms with Crippen LogP contribution in [0.2, 0.25) is 5.02 Å². The monoisotopic (exact) mass is 359 g/mol.